The van der Waals surface area contributed by atoms with E-state index in [9.17, 15) is 0 Å². The molecule has 0 atom stereocenters. The molecule has 1 aromatic heterocycles. The highest BCUT2D eigenvalue weighted by Crippen LogP contribution is 1.95. The van der Waals surface area contributed by atoms with Crippen molar-refractivity contribution >= 4 is 16.1 Å². The Bertz CT molecular complexity index is 142. The summed E-state index contributed by atoms with van der Waals surface area (Å²) in [7, 11) is 0. The van der Waals surface area contributed by atoms with E-state index in [2.05, 4.69) is 21.2 Å². The van der Waals surface area contributed by atoms with Crippen LogP contribution in [0.25, 0.3) is 0 Å². The van der Waals surface area contributed by atoms with Gasteiger partial charge in [0.05, 0.1) is 22.3 Å². The average Bonchev–Trinajstić information content (AvgIpc) is 1.87. The topological polar surface area (TPSA) is 17.8 Å². The van der Waals surface area contributed by atoms with Crippen LogP contribution in [0.1, 0.15) is 5.56 Å². The summed E-state index contributed by atoms with van der Waals surface area (Å²) in [6.07, 6.45) is 3.68. The summed E-state index contributed by atoms with van der Waals surface area (Å²) < 4.78 is 1.60. The molecule has 0 amide bonds. The average molecular weight is 161 g/mol. The van der Waals surface area contributed by atoms with Crippen molar-refractivity contribution in [3.63, 3.8) is 0 Å². The Kier molecular flexibility index (Phi) is 1.15. The van der Waals surface area contributed by atoms with Crippen molar-refractivity contribution in [2.75, 3.05) is 0 Å². The van der Waals surface area contributed by atoms with Gasteiger partial charge in [0.2, 0.25) is 0 Å². The molecule has 0 aliphatic carbocycles. The number of halogens is 1. The highest BCUT2D eigenvalue weighted by Gasteiger charge is 1.83. The van der Waals surface area contributed by atoms with Gasteiger partial charge >= 0.3 is 0 Å². The Hall–Kier alpha value is -0.310. The first-order valence-corrected chi connectivity index (χ1v) is 2.67. The van der Waals surface area contributed by atoms with E-state index in [0.717, 1.165) is 5.56 Å². The zero-order valence-corrected chi connectivity index (χ0v) is 5.51. The lowest BCUT2D eigenvalue weighted by Gasteiger charge is -1.74. The molecule has 0 fully saturated rings. The van der Waals surface area contributed by atoms with Gasteiger partial charge in [0, 0.05) is 6.20 Å². The maximum absolute atomic E-state index is 3.85. The van der Waals surface area contributed by atoms with Crippen LogP contribution < -0.4 is 0 Å². The van der Waals surface area contributed by atoms with Crippen LogP contribution in [0.15, 0.2) is 12.4 Å². The number of nitrogens with zero attached hydrogens (tertiary/aromatic N) is 2. The summed E-state index contributed by atoms with van der Waals surface area (Å²) in [6.45, 7) is 1.99. The van der Waals surface area contributed by atoms with E-state index in [1.807, 2.05) is 13.1 Å². The molecule has 0 radical (unpaired) electrons. The van der Waals surface area contributed by atoms with Crippen molar-refractivity contribution < 1.29 is 0 Å². The third kappa shape index (κ3) is 1.03. The van der Waals surface area contributed by atoms with Crippen LogP contribution in [0, 0.1) is 6.92 Å². The summed E-state index contributed by atoms with van der Waals surface area (Å²) >= 11 is 3.14. The van der Waals surface area contributed by atoms with Gasteiger partial charge in [-0.25, -0.2) is 3.71 Å². The third-order valence-electron chi connectivity index (χ3n) is 0.682. The summed E-state index contributed by atoms with van der Waals surface area (Å²) in [6, 6.07) is 0. The largest absolute Gasteiger partial charge is 0.205 e. The molecule has 3 heteroatoms. The molecule has 1 aromatic rings. The maximum Gasteiger partial charge on any atom is 0.0743 e. The van der Waals surface area contributed by atoms with Gasteiger partial charge in [0.15, 0.2) is 0 Å². The van der Waals surface area contributed by atoms with Crippen molar-refractivity contribution in [1.82, 2.24) is 8.81 Å². The van der Waals surface area contributed by atoms with Crippen molar-refractivity contribution in [2.45, 2.75) is 6.92 Å². The first-order valence-electron chi connectivity index (χ1n) is 1.96. The predicted molar refractivity (Wildman–Crippen MR) is 31.3 cm³/mol. The zero-order chi connectivity index (χ0) is 5.28. The van der Waals surface area contributed by atoms with Gasteiger partial charge in [0.1, 0.15) is 0 Å². The SMILES string of the molecule is Cc1cnn(Br)c1. The van der Waals surface area contributed by atoms with Gasteiger partial charge in [0.25, 0.3) is 0 Å². The molecule has 1 rings (SSSR count). The van der Waals surface area contributed by atoms with Crippen molar-refractivity contribution in [3.05, 3.63) is 18.0 Å². The Balaban J connectivity index is 3.04. The Labute approximate surface area is 50.5 Å². The van der Waals surface area contributed by atoms with Crippen LogP contribution in [0.4, 0.5) is 0 Å². The first-order chi connectivity index (χ1) is 3.29. The fraction of sp³-hybridized carbons (Fsp3) is 0.250. The minimum absolute atomic E-state index is 1.16. The molecule has 0 spiro atoms. The lowest BCUT2D eigenvalue weighted by molar-refractivity contribution is 1.03. The summed E-state index contributed by atoms with van der Waals surface area (Å²) in [4.78, 5) is 0. The minimum Gasteiger partial charge on any atom is -0.205 e. The quantitative estimate of drug-likeness (QED) is 0.561. The molecule has 38 valence electrons. The monoisotopic (exact) mass is 160 g/mol. The molecule has 0 bridgehead atoms. The van der Waals surface area contributed by atoms with E-state index in [4.69, 9.17) is 0 Å². The first kappa shape index (κ1) is 4.84. The lowest BCUT2D eigenvalue weighted by Crippen LogP contribution is -1.72. The highest BCUT2D eigenvalue weighted by molar-refractivity contribution is 9.08. The molecule has 0 saturated carbocycles. The number of aromatic nitrogens is 2. The second-order valence-corrected chi connectivity index (χ2v) is 2.13. The molecule has 0 aromatic carbocycles. The van der Waals surface area contributed by atoms with Gasteiger partial charge in [-0.2, -0.15) is 5.10 Å². The molecule has 0 aliphatic rings. The predicted octanol–water partition coefficient (Wildman–Crippen LogP) is 1.35. The maximum atomic E-state index is 3.85. The lowest BCUT2D eigenvalue weighted by atomic mass is 10.4. The highest BCUT2D eigenvalue weighted by atomic mass is 79.9. The van der Waals surface area contributed by atoms with Crippen LogP contribution in [-0.2, 0) is 0 Å². The molecule has 0 saturated heterocycles. The van der Waals surface area contributed by atoms with Crippen molar-refractivity contribution in [3.8, 4) is 0 Å². The molecule has 1 heterocycles. The van der Waals surface area contributed by atoms with Crippen molar-refractivity contribution in [2.24, 2.45) is 0 Å². The Morgan fingerprint density at radius 1 is 1.86 bits per heavy atom. The van der Waals surface area contributed by atoms with Gasteiger partial charge in [-0.1, -0.05) is 0 Å². The smallest absolute Gasteiger partial charge is 0.0743 e. The van der Waals surface area contributed by atoms with Crippen LogP contribution in [0.3, 0.4) is 0 Å². The van der Waals surface area contributed by atoms with E-state index >= 15 is 0 Å². The Morgan fingerprint density at radius 2 is 2.57 bits per heavy atom. The van der Waals surface area contributed by atoms with E-state index in [-0.39, 0.29) is 0 Å². The number of rotatable bonds is 0. The number of hydrogen-bond donors (Lipinski definition) is 0. The van der Waals surface area contributed by atoms with Crippen molar-refractivity contribution in [1.29, 1.82) is 0 Å². The fourth-order valence-electron chi connectivity index (χ4n) is 0.381. The second-order valence-electron chi connectivity index (χ2n) is 1.41. The normalized spacial score (nSPS) is 9.43. The Morgan fingerprint density at radius 3 is 2.71 bits per heavy atom. The standard InChI is InChI=1S/C4H5BrN2/c1-4-2-6-7(5)3-4/h2-3H,1H3. The summed E-state index contributed by atoms with van der Waals surface area (Å²) in [5, 5.41) is 3.85. The van der Waals surface area contributed by atoms with E-state index in [1.165, 1.54) is 0 Å². The molecule has 0 N–H and O–H groups in total. The zero-order valence-electron chi connectivity index (χ0n) is 3.93. The molecular formula is C4H5BrN2. The second kappa shape index (κ2) is 1.66. The van der Waals surface area contributed by atoms with E-state index < -0.39 is 0 Å². The van der Waals surface area contributed by atoms with E-state index in [0.29, 0.717) is 0 Å². The summed E-state index contributed by atoms with van der Waals surface area (Å²) in [5.74, 6) is 0. The molecule has 0 aliphatic heterocycles. The molecule has 7 heavy (non-hydrogen) atoms. The van der Waals surface area contributed by atoms with Crippen LogP contribution in [-0.4, -0.2) is 8.81 Å². The number of hydrogen-bond acceptors (Lipinski definition) is 1. The van der Waals surface area contributed by atoms with Gasteiger partial charge in [-0.3, -0.25) is 0 Å². The summed E-state index contributed by atoms with van der Waals surface area (Å²) in [5.41, 5.74) is 1.16. The molecular weight excluding hydrogens is 156 g/mol. The minimum atomic E-state index is 1.16. The van der Waals surface area contributed by atoms with Crippen LogP contribution in [0.5, 0.6) is 0 Å². The van der Waals surface area contributed by atoms with Crippen LogP contribution in [0.2, 0.25) is 0 Å². The molecule has 2 nitrogen and oxygen atoms in total. The van der Waals surface area contributed by atoms with Crippen LogP contribution >= 0.6 is 16.1 Å². The van der Waals surface area contributed by atoms with Gasteiger partial charge < -0.3 is 0 Å². The van der Waals surface area contributed by atoms with Gasteiger partial charge in [-0.05, 0) is 12.5 Å². The van der Waals surface area contributed by atoms with Gasteiger partial charge in [-0.15, -0.1) is 0 Å². The van der Waals surface area contributed by atoms with E-state index in [1.54, 1.807) is 9.90 Å². The molecule has 0 unspecified atom stereocenters. The number of aryl methyl sites for hydroxylation is 1. The third-order valence-corrected chi connectivity index (χ3v) is 1.07. The fourth-order valence-corrected chi connectivity index (χ4v) is 0.795.